The Morgan fingerprint density at radius 3 is 2.53 bits per heavy atom. The van der Waals surface area contributed by atoms with E-state index in [1.165, 1.54) is 11.3 Å². The van der Waals surface area contributed by atoms with E-state index in [0.717, 1.165) is 41.6 Å². The Labute approximate surface area is 244 Å². The van der Waals surface area contributed by atoms with E-state index >= 15 is 0 Å². The molecular formula is C27H34Li2N3O3S-3. The standard InChI is InChI=1S/C22H24N3O2S.C5H10O.2Li/c1-14(16(3)24-17-5-4-9-25(13-17)10-11-26)15(2)21(23)19-6-7-20-18(22(19)27)8-12-28-20;1-3-5(6)4-2;;/h3,6-8,12,17,24,27H,4-5,9-10,13H2,1-2H3;5-6H,1-4H2;;/q-3;-2;2*+1/b15-14-;;;/t17-;;;/m1.../s1. The van der Waals surface area contributed by atoms with Gasteiger partial charge in [-0.05, 0) is 48.6 Å². The summed E-state index contributed by atoms with van der Waals surface area (Å²) in [6.45, 7) is 18.7. The van der Waals surface area contributed by atoms with Crippen molar-refractivity contribution in [1.29, 1.82) is 0 Å². The van der Waals surface area contributed by atoms with Crippen LogP contribution in [0.15, 0.2) is 40.4 Å². The van der Waals surface area contributed by atoms with Crippen molar-refractivity contribution in [2.45, 2.75) is 51.7 Å². The van der Waals surface area contributed by atoms with Crippen molar-refractivity contribution in [3.8, 4) is 5.75 Å². The molecule has 3 N–H and O–H groups in total. The summed E-state index contributed by atoms with van der Waals surface area (Å²) in [4.78, 5) is 12.7. The number of nitrogens with one attached hydrogen (secondary N) is 1. The number of phenols is 1. The van der Waals surface area contributed by atoms with Crippen LogP contribution < -0.4 is 43.0 Å². The Hall–Kier alpha value is -1.29. The van der Waals surface area contributed by atoms with E-state index in [9.17, 15) is 15.3 Å². The molecule has 1 saturated heterocycles. The number of thiophene rings is 1. The molecule has 1 atom stereocenters. The predicted molar refractivity (Wildman–Crippen MR) is 141 cm³/mol. The Kier molecular flexibility index (Phi) is 16.6. The van der Waals surface area contributed by atoms with Crippen molar-refractivity contribution < 1.29 is 52.7 Å². The third-order valence-electron chi connectivity index (χ3n) is 6.00. The van der Waals surface area contributed by atoms with E-state index in [0.29, 0.717) is 36.2 Å². The number of likely N-dealkylation sites (tertiary alicyclic amines) is 1. The van der Waals surface area contributed by atoms with Gasteiger partial charge in [0.25, 0.3) is 0 Å². The molecule has 186 valence electrons. The van der Waals surface area contributed by atoms with Gasteiger partial charge in [-0.1, -0.05) is 19.5 Å². The summed E-state index contributed by atoms with van der Waals surface area (Å²) in [6.07, 6.45) is 4.75. The van der Waals surface area contributed by atoms with Crippen molar-refractivity contribution in [3.05, 3.63) is 71.8 Å². The maximum absolute atomic E-state index is 10.8. The van der Waals surface area contributed by atoms with Crippen LogP contribution in [0.5, 0.6) is 5.75 Å². The van der Waals surface area contributed by atoms with Gasteiger partial charge >= 0.3 is 37.7 Å². The van der Waals surface area contributed by atoms with Gasteiger partial charge in [0, 0.05) is 22.7 Å². The molecule has 1 fully saturated rings. The smallest absolute Gasteiger partial charge is 0.804 e. The molecule has 0 aliphatic carbocycles. The first-order valence-corrected chi connectivity index (χ1v) is 12.3. The van der Waals surface area contributed by atoms with Crippen molar-refractivity contribution >= 4 is 33.4 Å². The number of hydrogen-bond acceptors (Lipinski definition) is 6. The van der Waals surface area contributed by atoms with Gasteiger partial charge in [0.15, 0.2) is 0 Å². The van der Waals surface area contributed by atoms with E-state index in [1.54, 1.807) is 13.0 Å². The fourth-order valence-corrected chi connectivity index (χ4v) is 4.47. The number of phenolic OH excluding ortho intramolecular Hbond substituents is 1. The number of aliphatic hydroxyl groups excluding tert-OH is 1. The average Bonchev–Trinajstić information content (AvgIpc) is 3.33. The molecule has 1 aromatic carbocycles. The zero-order valence-electron chi connectivity index (χ0n) is 22.0. The fourth-order valence-electron chi connectivity index (χ4n) is 3.68. The summed E-state index contributed by atoms with van der Waals surface area (Å²) in [6, 6.07) is 5.59. The number of fused-ring (bicyclic) bond motifs is 1. The monoisotopic (exact) mass is 494 g/mol. The maximum Gasteiger partial charge on any atom is 1.00 e. The third-order valence-corrected chi connectivity index (χ3v) is 6.89. The zero-order chi connectivity index (χ0) is 25.3. The van der Waals surface area contributed by atoms with Gasteiger partial charge in [0.05, 0.1) is 0 Å². The van der Waals surface area contributed by atoms with Crippen LogP contribution >= 0.6 is 11.3 Å². The number of piperidine rings is 1. The molecule has 0 bridgehead atoms. The van der Waals surface area contributed by atoms with Gasteiger partial charge < -0.3 is 44.5 Å². The first-order chi connectivity index (χ1) is 16.2. The van der Waals surface area contributed by atoms with Crippen LogP contribution in [0, 0.1) is 20.4 Å². The summed E-state index contributed by atoms with van der Waals surface area (Å²) in [7, 11) is 0. The van der Waals surface area contributed by atoms with Crippen LogP contribution in [-0.4, -0.2) is 58.9 Å². The normalized spacial score (nSPS) is 16.1. The average molecular weight is 495 g/mol. The molecule has 6 nitrogen and oxygen atoms in total. The predicted octanol–water partition coefficient (Wildman–Crippen LogP) is -1.41. The first-order valence-electron chi connectivity index (χ1n) is 11.4. The van der Waals surface area contributed by atoms with Gasteiger partial charge in [0.1, 0.15) is 5.75 Å². The Morgan fingerprint density at radius 1 is 1.28 bits per heavy atom. The minimum atomic E-state index is -0.287. The van der Waals surface area contributed by atoms with Crippen molar-refractivity contribution in [2.24, 2.45) is 0 Å². The third kappa shape index (κ3) is 9.54. The van der Waals surface area contributed by atoms with E-state index in [1.807, 2.05) is 35.6 Å². The van der Waals surface area contributed by atoms with E-state index < -0.39 is 0 Å². The van der Waals surface area contributed by atoms with Crippen LogP contribution in [0.3, 0.4) is 0 Å². The Morgan fingerprint density at radius 2 is 1.94 bits per heavy atom. The van der Waals surface area contributed by atoms with Crippen LogP contribution in [0.4, 0.5) is 0 Å². The van der Waals surface area contributed by atoms with Gasteiger partial charge in [-0.3, -0.25) is 6.58 Å². The summed E-state index contributed by atoms with van der Waals surface area (Å²) in [5.74, 6) is 0.0722. The van der Waals surface area contributed by atoms with Gasteiger partial charge in [0.2, 0.25) is 0 Å². The molecule has 1 aliphatic heterocycles. The van der Waals surface area contributed by atoms with Crippen molar-refractivity contribution in [3.63, 3.8) is 0 Å². The molecule has 0 unspecified atom stereocenters. The number of nitrogens with zero attached hydrogens (tertiary/aromatic N) is 2. The zero-order valence-corrected chi connectivity index (χ0v) is 22.8. The summed E-state index contributed by atoms with van der Waals surface area (Å²) >= 11 is 1.54. The number of hydrogen-bond donors (Lipinski definition) is 3. The van der Waals surface area contributed by atoms with Gasteiger partial charge in [-0.2, -0.15) is 24.1 Å². The largest absolute Gasteiger partial charge is 1.00 e. The van der Waals surface area contributed by atoms with E-state index in [4.69, 9.17) is 11.7 Å². The molecule has 3 rings (SSSR count). The van der Waals surface area contributed by atoms with Crippen LogP contribution in [-0.2, 0) is 4.79 Å². The number of carbonyl (C=O) groups excluding carboxylic acids is 1. The molecule has 0 spiro atoms. The minimum absolute atomic E-state index is 0. The SMILES string of the molecule is [CH-]=C(N[C@@H]1CCCN(C[C-]=O)C1)/C(C)=C(/C)C(=[N-])c1ccc2sccc2c1O.[CH2-]CC(O)C[CH2-].[Li+].[Li+]. The summed E-state index contributed by atoms with van der Waals surface area (Å²) in [5.41, 5.74) is 2.21. The number of benzene rings is 1. The minimum Gasteiger partial charge on any atom is -0.804 e. The molecule has 0 saturated carbocycles. The summed E-state index contributed by atoms with van der Waals surface area (Å²) < 4.78 is 0.967. The number of allylic oxidation sites excluding steroid dienone is 2. The molecule has 0 radical (unpaired) electrons. The maximum atomic E-state index is 10.8. The van der Waals surface area contributed by atoms with E-state index in [2.05, 4.69) is 19.2 Å². The second-order valence-corrected chi connectivity index (χ2v) is 9.35. The number of aliphatic hydroxyl groups is 1. The number of aromatic hydroxyl groups is 1. The fraction of sp³-hybridized carbons (Fsp3) is 0.407. The van der Waals surface area contributed by atoms with E-state index in [-0.39, 0.29) is 61.3 Å². The second kappa shape index (κ2) is 17.3. The van der Waals surface area contributed by atoms with Gasteiger partial charge in [-0.25, -0.2) is 6.29 Å². The molecule has 36 heavy (non-hydrogen) atoms. The van der Waals surface area contributed by atoms with Crippen LogP contribution in [0.25, 0.3) is 15.5 Å². The quantitative estimate of drug-likeness (QED) is 0.172. The Bertz CT molecular complexity index is 1030. The topological polar surface area (TPSA) is 95.1 Å². The molecule has 0 amide bonds. The van der Waals surface area contributed by atoms with Crippen molar-refractivity contribution in [1.82, 2.24) is 10.2 Å². The van der Waals surface area contributed by atoms with Crippen molar-refractivity contribution in [2.75, 3.05) is 19.6 Å². The molecule has 1 aliphatic rings. The molecule has 2 heterocycles. The molecule has 2 aromatic rings. The first kappa shape index (κ1) is 34.7. The molecular weight excluding hydrogens is 460 g/mol. The number of rotatable bonds is 9. The summed E-state index contributed by atoms with van der Waals surface area (Å²) in [5, 5.41) is 35.8. The second-order valence-electron chi connectivity index (χ2n) is 8.40. The van der Waals surface area contributed by atoms with Crippen LogP contribution in [0.2, 0.25) is 0 Å². The van der Waals surface area contributed by atoms with Gasteiger partial charge in [-0.15, -0.1) is 29.5 Å². The van der Waals surface area contributed by atoms with Crippen LogP contribution in [0.1, 0.15) is 45.1 Å². The molecule has 1 aromatic heterocycles. The molecule has 9 heteroatoms. The Balaban J connectivity index is 0.00000137.